The number of pyridine rings is 3. The van der Waals surface area contributed by atoms with Crippen molar-refractivity contribution < 1.29 is 14.2 Å². The van der Waals surface area contributed by atoms with Gasteiger partial charge in [-0.15, -0.1) is 5.10 Å². The zero-order chi connectivity index (χ0) is 26.6. The summed E-state index contributed by atoms with van der Waals surface area (Å²) in [5.74, 6) is -0.277. The Hall–Kier alpha value is -3.76. The van der Waals surface area contributed by atoms with Gasteiger partial charge >= 0.3 is 0 Å². The van der Waals surface area contributed by atoms with Gasteiger partial charge in [0.25, 0.3) is 0 Å². The first kappa shape index (κ1) is 24.6. The molecule has 9 nitrogen and oxygen atoms in total. The fourth-order valence-electron chi connectivity index (χ4n) is 5.58. The zero-order valence-corrected chi connectivity index (χ0v) is 21.9. The Morgan fingerprint density at radius 3 is 2.58 bits per heavy atom. The Kier molecular flexibility index (Phi) is 5.96. The highest BCUT2D eigenvalue weighted by molar-refractivity contribution is 6.06. The standard InChI is InChI=1S/C28H30FN7O2/c1-16-26(35(4)34-33-16)21-13-22-19(15-31-21)24-23(12-18(14-32-24)28(2,3)37)36(22)27(17-7-10-38-11-8-17)25-20(29)6-5-9-30-25/h5-6,9,12-15,17,27,37H,7-8,10-11H2,1-4H3. The number of aliphatic hydroxyl groups is 1. The minimum absolute atomic E-state index is 0.0782. The van der Waals surface area contributed by atoms with Crippen molar-refractivity contribution in [3.63, 3.8) is 0 Å². The molecule has 1 fully saturated rings. The second-order valence-corrected chi connectivity index (χ2v) is 10.5. The second kappa shape index (κ2) is 9.21. The number of ether oxygens (including phenoxy) is 1. The summed E-state index contributed by atoms with van der Waals surface area (Å²) in [5.41, 5.74) is 4.61. The van der Waals surface area contributed by atoms with Crippen LogP contribution in [0.25, 0.3) is 33.3 Å². The van der Waals surface area contributed by atoms with E-state index in [0.717, 1.165) is 46.2 Å². The second-order valence-electron chi connectivity index (χ2n) is 10.5. The lowest BCUT2D eigenvalue weighted by molar-refractivity contribution is 0.0542. The Morgan fingerprint density at radius 2 is 1.89 bits per heavy atom. The maximum atomic E-state index is 15.5. The van der Waals surface area contributed by atoms with Gasteiger partial charge in [0.2, 0.25) is 0 Å². The van der Waals surface area contributed by atoms with Gasteiger partial charge in [-0.25, -0.2) is 9.07 Å². The van der Waals surface area contributed by atoms with Gasteiger partial charge in [0.15, 0.2) is 0 Å². The van der Waals surface area contributed by atoms with Gasteiger partial charge < -0.3 is 14.4 Å². The van der Waals surface area contributed by atoms with Crippen LogP contribution < -0.4 is 0 Å². The lowest BCUT2D eigenvalue weighted by Crippen LogP contribution is -2.28. The smallest absolute Gasteiger partial charge is 0.146 e. The van der Waals surface area contributed by atoms with E-state index in [4.69, 9.17) is 14.7 Å². The van der Waals surface area contributed by atoms with E-state index < -0.39 is 11.6 Å². The maximum Gasteiger partial charge on any atom is 0.146 e. The first-order valence-electron chi connectivity index (χ1n) is 12.8. The molecule has 1 aliphatic heterocycles. The number of fused-ring (bicyclic) bond motifs is 3. The van der Waals surface area contributed by atoms with Crippen LogP contribution in [0.2, 0.25) is 0 Å². The van der Waals surface area contributed by atoms with Gasteiger partial charge in [-0.3, -0.25) is 15.0 Å². The Bertz CT molecular complexity index is 1630. The summed E-state index contributed by atoms with van der Waals surface area (Å²) < 4.78 is 25.0. The van der Waals surface area contributed by atoms with Crippen LogP contribution in [0.15, 0.2) is 42.9 Å². The molecule has 38 heavy (non-hydrogen) atoms. The molecule has 1 atom stereocenters. The highest BCUT2D eigenvalue weighted by atomic mass is 19.1. The fraction of sp³-hybridized carbons (Fsp3) is 0.393. The maximum absolute atomic E-state index is 15.5. The molecule has 5 aromatic rings. The van der Waals surface area contributed by atoms with Crippen LogP contribution in [0.4, 0.5) is 4.39 Å². The first-order chi connectivity index (χ1) is 18.2. The minimum Gasteiger partial charge on any atom is -0.386 e. The van der Waals surface area contributed by atoms with Crippen molar-refractivity contribution in [2.24, 2.45) is 13.0 Å². The Morgan fingerprint density at radius 1 is 1.11 bits per heavy atom. The van der Waals surface area contributed by atoms with Gasteiger partial charge in [-0.2, -0.15) is 0 Å². The van der Waals surface area contributed by atoms with E-state index in [1.54, 1.807) is 37.0 Å². The van der Waals surface area contributed by atoms with Crippen LogP contribution in [-0.2, 0) is 17.4 Å². The van der Waals surface area contributed by atoms with Gasteiger partial charge in [0.1, 0.15) is 11.5 Å². The van der Waals surface area contributed by atoms with Crippen LogP contribution in [0.3, 0.4) is 0 Å². The molecule has 10 heteroatoms. The van der Waals surface area contributed by atoms with Crippen molar-refractivity contribution in [2.75, 3.05) is 13.2 Å². The Balaban J connectivity index is 1.71. The summed E-state index contributed by atoms with van der Waals surface area (Å²) >= 11 is 0. The van der Waals surface area contributed by atoms with E-state index in [-0.39, 0.29) is 11.7 Å². The summed E-state index contributed by atoms with van der Waals surface area (Å²) in [5, 5.41) is 20.0. The minimum atomic E-state index is -1.10. The topological polar surface area (TPSA) is 104 Å². The molecule has 1 saturated heterocycles. The largest absolute Gasteiger partial charge is 0.386 e. The SMILES string of the molecule is Cc1nnn(C)c1-c1cc2c(cn1)c1ncc(C(C)(C)O)cc1n2C(c1ncccc1F)C1CCOCC1. The van der Waals surface area contributed by atoms with Crippen molar-refractivity contribution in [3.05, 3.63) is 65.6 Å². The number of rotatable bonds is 5. The summed E-state index contributed by atoms with van der Waals surface area (Å²) in [6.07, 6.45) is 6.67. The highest BCUT2D eigenvalue weighted by Crippen LogP contribution is 2.41. The predicted molar refractivity (Wildman–Crippen MR) is 141 cm³/mol. The molecule has 0 aliphatic carbocycles. The molecular formula is C28H30FN7O2. The van der Waals surface area contributed by atoms with Gasteiger partial charge in [0, 0.05) is 49.8 Å². The lowest BCUT2D eigenvalue weighted by atomic mass is 9.88. The molecule has 0 amide bonds. The molecule has 196 valence electrons. The number of hydrogen-bond acceptors (Lipinski definition) is 7. The molecule has 1 unspecified atom stereocenters. The molecule has 0 radical (unpaired) electrons. The van der Waals surface area contributed by atoms with Gasteiger partial charge in [0.05, 0.1) is 45.3 Å². The molecular weight excluding hydrogens is 485 g/mol. The van der Waals surface area contributed by atoms with Crippen LogP contribution in [0.1, 0.15) is 49.7 Å². The highest BCUT2D eigenvalue weighted by Gasteiger charge is 2.33. The van der Waals surface area contributed by atoms with Crippen molar-refractivity contribution in [1.82, 2.24) is 34.5 Å². The molecule has 0 bridgehead atoms. The van der Waals surface area contributed by atoms with Gasteiger partial charge in [-0.1, -0.05) is 5.21 Å². The van der Waals surface area contributed by atoms with E-state index >= 15 is 4.39 Å². The van der Waals surface area contributed by atoms with Crippen LogP contribution in [0, 0.1) is 18.7 Å². The average Bonchev–Trinajstić information content (AvgIpc) is 3.41. The molecule has 6 heterocycles. The summed E-state index contributed by atoms with van der Waals surface area (Å²) in [4.78, 5) is 14.1. The van der Waals surface area contributed by atoms with Crippen molar-refractivity contribution in [1.29, 1.82) is 0 Å². The number of nitrogens with zero attached hydrogens (tertiary/aromatic N) is 7. The van der Waals surface area contributed by atoms with E-state index in [1.807, 2.05) is 32.3 Å². The molecule has 0 aromatic carbocycles. The number of hydrogen-bond donors (Lipinski definition) is 1. The zero-order valence-electron chi connectivity index (χ0n) is 21.9. The third kappa shape index (κ3) is 4.04. The molecule has 6 rings (SSSR count). The number of aryl methyl sites for hydroxylation is 2. The van der Waals surface area contributed by atoms with E-state index in [0.29, 0.717) is 30.2 Å². The molecule has 1 N–H and O–H groups in total. The van der Waals surface area contributed by atoms with Crippen LogP contribution in [-0.4, -0.2) is 52.8 Å². The summed E-state index contributed by atoms with van der Waals surface area (Å²) in [6.45, 7) is 6.57. The monoisotopic (exact) mass is 515 g/mol. The third-order valence-corrected chi connectivity index (χ3v) is 7.53. The summed E-state index contributed by atoms with van der Waals surface area (Å²) in [7, 11) is 1.84. The first-order valence-corrected chi connectivity index (χ1v) is 12.8. The van der Waals surface area contributed by atoms with E-state index in [9.17, 15) is 5.11 Å². The lowest BCUT2D eigenvalue weighted by Gasteiger charge is -2.32. The molecule has 1 aliphatic rings. The molecule has 5 aromatic heterocycles. The van der Waals surface area contributed by atoms with E-state index in [1.165, 1.54) is 6.07 Å². The van der Waals surface area contributed by atoms with Crippen molar-refractivity contribution >= 4 is 21.9 Å². The van der Waals surface area contributed by atoms with Crippen LogP contribution >= 0.6 is 0 Å². The molecule has 0 saturated carbocycles. The van der Waals surface area contributed by atoms with Crippen LogP contribution in [0.5, 0.6) is 0 Å². The van der Waals surface area contributed by atoms with Crippen molar-refractivity contribution in [2.45, 2.75) is 45.3 Å². The summed E-state index contributed by atoms with van der Waals surface area (Å²) in [6, 6.07) is 6.60. The third-order valence-electron chi connectivity index (χ3n) is 7.53. The predicted octanol–water partition coefficient (Wildman–Crippen LogP) is 4.47. The number of halogens is 1. The molecule has 0 spiro atoms. The normalized spacial score (nSPS) is 15.9. The Labute approximate surface area is 219 Å². The quantitative estimate of drug-likeness (QED) is 0.368. The average molecular weight is 516 g/mol. The number of aromatic nitrogens is 7. The fourth-order valence-corrected chi connectivity index (χ4v) is 5.58. The van der Waals surface area contributed by atoms with E-state index in [2.05, 4.69) is 19.9 Å². The van der Waals surface area contributed by atoms with Crippen molar-refractivity contribution in [3.8, 4) is 11.4 Å². The van der Waals surface area contributed by atoms with Gasteiger partial charge in [-0.05, 0) is 63.8 Å².